The first-order valence-corrected chi connectivity index (χ1v) is 10.6. The summed E-state index contributed by atoms with van der Waals surface area (Å²) in [5.41, 5.74) is 1.56. The minimum absolute atomic E-state index is 0.179. The molecule has 1 fully saturated rings. The van der Waals surface area contributed by atoms with Crippen LogP contribution in [-0.4, -0.2) is 60.9 Å². The smallest absolute Gasteiger partial charge is 0.336 e. The molecule has 0 spiro atoms. The number of hydrogen-bond donors (Lipinski definition) is 2. The van der Waals surface area contributed by atoms with Gasteiger partial charge in [0.05, 0.1) is 6.26 Å². The van der Waals surface area contributed by atoms with Crippen molar-refractivity contribution in [3.05, 3.63) is 64.4 Å². The van der Waals surface area contributed by atoms with Crippen LogP contribution in [0.15, 0.2) is 56.3 Å². The summed E-state index contributed by atoms with van der Waals surface area (Å²) in [7, 11) is 0. The Kier molecular flexibility index (Phi) is 6.67. The molecule has 1 saturated heterocycles. The summed E-state index contributed by atoms with van der Waals surface area (Å²) in [6.45, 7) is 6.87. The number of piperazine rings is 1. The van der Waals surface area contributed by atoms with Gasteiger partial charge in [-0.05, 0) is 29.8 Å². The zero-order valence-corrected chi connectivity index (χ0v) is 17.9. The second kappa shape index (κ2) is 9.80. The number of carbonyl (C=O) groups excluding carboxylic acids is 2. The van der Waals surface area contributed by atoms with Crippen molar-refractivity contribution < 1.29 is 18.4 Å². The number of anilines is 1. The molecule has 3 aromatic rings. The molecule has 4 rings (SSSR count). The number of nitrogens with zero attached hydrogens (tertiary/aromatic N) is 2. The average Bonchev–Trinajstić information content (AvgIpc) is 3.29. The maximum absolute atomic E-state index is 12.1. The number of hydrogen-bond acceptors (Lipinski definition) is 7. The third-order valence-corrected chi connectivity index (χ3v) is 5.47. The van der Waals surface area contributed by atoms with E-state index in [2.05, 4.69) is 20.4 Å². The Balaban J connectivity index is 1.31. The summed E-state index contributed by atoms with van der Waals surface area (Å²) in [5, 5.41) is 6.43. The molecular weight excluding hydrogens is 412 g/mol. The van der Waals surface area contributed by atoms with Gasteiger partial charge in [-0.15, -0.1) is 0 Å². The molecule has 168 valence electrons. The zero-order valence-electron chi connectivity index (χ0n) is 17.9. The van der Waals surface area contributed by atoms with Gasteiger partial charge in [0.15, 0.2) is 5.76 Å². The fourth-order valence-electron chi connectivity index (χ4n) is 3.88. The van der Waals surface area contributed by atoms with Gasteiger partial charge in [-0.1, -0.05) is 0 Å². The lowest BCUT2D eigenvalue weighted by atomic mass is 10.1. The lowest BCUT2D eigenvalue weighted by Gasteiger charge is -2.34. The molecule has 1 aliphatic rings. The van der Waals surface area contributed by atoms with Gasteiger partial charge in [-0.3, -0.25) is 19.4 Å². The molecule has 9 nitrogen and oxygen atoms in total. The normalized spacial score (nSPS) is 15.0. The Bertz CT molecular complexity index is 1150. The van der Waals surface area contributed by atoms with Crippen LogP contribution in [-0.2, 0) is 11.3 Å². The Morgan fingerprint density at radius 1 is 1.06 bits per heavy atom. The van der Waals surface area contributed by atoms with Crippen molar-refractivity contribution in [3.8, 4) is 0 Å². The second-order valence-electron chi connectivity index (χ2n) is 7.83. The lowest BCUT2D eigenvalue weighted by Crippen LogP contribution is -2.48. The Morgan fingerprint density at radius 2 is 1.84 bits per heavy atom. The predicted octanol–water partition coefficient (Wildman–Crippen LogP) is 1.89. The summed E-state index contributed by atoms with van der Waals surface area (Å²) in [5.74, 6) is -0.0649. The number of amides is 2. The maximum atomic E-state index is 12.1. The van der Waals surface area contributed by atoms with E-state index in [0.29, 0.717) is 30.1 Å². The molecular formula is C23H26N4O5. The number of nitrogens with one attached hydrogen (secondary N) is 2. The molecule has 9 heteroatoms. The average molecular weight is 438 g/mol. The van der Waals surface area contributed by atoms with E-state index in [0.717, 1.165) is 43.7 Å². The van der Waals surface area contributed by atoms with Gasteiger partial charge in [-0.25, -0.2) is 4.79 Å². The highest BCUT2D eigenvalue weighted by Crippen LogP contribution is 2.23. The highest BCUT2D eigenvalue weighted by molar-refractivity contribution is 5.92. The quantitative estimate of drug-likeness (QED) is 0.543. The molecule has 1 aliphatic heterocycles. The predicted molar refractivity (Wildman–Crippen MR) is 120 cm³/mol. The van der Waals surface area contributed by atoms with Crippen molar-refractivity contribution in [2.75, 3.05) is 44.6 Å². The minimum atomic E-state index is -0.404. The summed E-state index contributed by atoms with van der Waals surface area (Å²) < 4.78 is 10.4. The van der Waals surface area contributed by atoms with Gasteiger partial charge in [0.25, 0.3) is 5.91 Å². The van der Waals surface area contributed by atoms with E-state index >= 15 is 0 Å². The van der Waals surface area contributed by atoms with Crippen molar-refractivity contribution in [1.29, 1.82) is 0 Å². The summed E-state index contributed by atoms with van der Waals surface area (Å²) >= 11 is 0. The lowest BCUT2D eigenvalue weighted by molar-refractivity contribution is -0.114. The fourth-order valence-corrected chi connectivity index (χ4v) is 3.88. The van der Waals surface area contributed by atoms with Crippen molar-refractivity contribution in [2.45, 2.75) is 13.5 Å². The zero-order chi connectivity index (χ0) is 22.5. The third kappa shape index (κ3) is 5.43. The minimum Gasteiger partial charge on any atom is -0.459 e. The van der Waals surface area contributed by atoms with Crippen LogP contribution in [0.3, 0.4) is 0 Å². The molecule has 2 aromatic heterocycles. The largest absolute Gasteiger partial charge is 0.459 e. The number of fused-ring (bicyclic) bond motifs is 1. The number of furan rings is 1. The molecule has 3 heterocycles. The maximum Gasteiger partial charge on any atom is 0.336 e. The highest BCUT2D eigenvalue weighted by Gasteiger charge is 2.19. The molecule has 2 N–H and O–H groups in total. The van der Waals surface area contributed by atoms with Crippen LogP contribution in [0.25, 0.3) is 11.0 Å². The molecule has 0 atom stereocenters. The first kappa shape index (κ1) is 21.8. The summed E-state index contributed by atoms with van der Waals surface area (Å²) in [6, 6.07) is 10.2. The molecule has 1 aromatic carbocycles. The molecule has 0 bridgehead atoms. The summed E-state index contributed by atoms with van der Waals surface area (Å²) in [4.78, 5) is 39.9. The van der Waals surface area contributed by atoms with E-state index in [1.54, 1.807) is 18.2 Å². The molecule has 0 aliphatic carbocycles. The van der Waals surface area contributed by atoms with E-state index in [4.69, 9.17) is 8.83 Å². The van der Waals surface area contributed by atoms with E-state index in [1.807, 2.05) is 12.1 Å². The van der Waals surface area contributed by atoms with Crippen LogP contribution in [0.1, 0.15) is 23.0 Å². The van der Waals surface area contributed by atoms with Gasteiger partial charge in [0.2, 0.25) is 5.91 Å². The van der Waals surface area contributed by atoms with Crippen LogP contribution in [0.4, 0.5) is 5.69 Å². The first-order chi connectivity index (χ1) is 15.5. The first-order valence-electron chi connectivity index (χ1n) is 10.6. The van der Waals surface area contributed by atoms with E-state index in [9.17, 15) is 14.4 Å². The van der Waals surface area contributed by atoms with E-state index in [1.165, 1.54) is 19.3 Å². The monoisotopic (exact) mass is 438 g/mol. The van der Waals surface area contributed by atoms with Gasteiger partial charge >= 0.3 is 5.63 Å². The van der Waals surface area contributed by atoms with Crippen LogP contribution < -0.4 is 16.3 Å². The van der Waals surface area contributed by atoms with Gasteiger partial charge < -0.3 is 19.5 Å². The van der Waals surface area contributed by atoms with Crippen molar-refractivity contribution >= 4 is 28.5 Å². The summed E-state index contributed by atoms with van der Waals surface area (Å²) in [6.07, 6.45) is 1.48. The number of benzene rings is 1. The fraction of sp³-hybridized carbons (Fsp3) is 0.348. The van der Waals surface area contributed by atoms with Crippen molar-refractivity contribution in [1.82, 2.24) is 15.1 Å². The Labute approximate surface area is 185 Å². The molecule has 0 saturated carbocycles. The number of carbonyl (C=O) groups is 2. The van der Waals surface area contributed by atoms with Gasteiger partial charge in [-0.2, -0.15) is 0 Å². The Morgan fingerprint density at radius 3 is 2.56 bits per heavy atom. The number of rotatable bonds is 7. The van der Waals surface area contributed by atoms with Crippen LogP contribution in [0.2, 0.25) is 0 Å². The van der Waals surface area contributed by atoms with Crippen LogP contribution in [0.5, 0.6) is 0 Å². The topological polar surface area (TPSA) is 108 Å². The molecule has 0 radical (unpaired) electrons. The van der Waals surface area contributed by atoms with Crippen molar-refractivity contribution in [2.24, 2.45) is 0 Å². The molecule has 32 heavy (non-hydrogen) atoms. The SMILES string of the molecule is CC(=O)Nc1ccc2c(CN3CCN(CCNC(=O)c4ccco4)CC3)cc(=O)oc2c1. The van der Waals surface area contributed by atoms with Gasteiger partial charge in [0, 0.05) is 75.9 Å². The van der Waals surface area contributed by atoms with E-state index < -0.39 is 5.63 Å². The second-order valence-corrected chi connectivity index (χ2v) is 7.83. The third-order valence-electron chi connectivity index (χ3n) is 5.47. The van der Waals surface area contributed by atoms with Crippen LogP contribution >= 0.6 is 0 Å². The molecule has 2 amide bonds. The van der Waals surface area contributed by atoms with E-state index in [-0.39, 0.29) is 11.8 Å². The van der Waals surface area contributed by atoms with Gasteiger partial charge in [0.1, 0.15) is 5.58 Å². The highest BCUT2D eigenvalue weighted by atomic mass is 16.4. The van der Waals surface area contributed by atoms with Crippen LogP contribution in [0, 0.1) is 0 Å². The van der Waals surface area contributed by atoms with Crippen molar-refractivity contribution in [3.63, 3.8) is 0 Å². The standard InChI is InChI=1S/C23H26N4O5/c1-16(28)25-18-4-5-19-17(13-22(29)32-21(19)14-18)15-27-10-8-26(9-11-27)7-6-24-23(30)20-3-2-12-31-20/h2-5,12-14H,6-11,15H2,1H3,(H,24,30)(H,25,28). The molecule has 0 unspecified atom stereocenters. The Hall–Kier alpha value is -3.43.